The van der Waals surface area contributed by atoms with E-state index in [1.54, 1.807) is 18.2 Å². The molecule has 1 heterocycles. The zero-order valence-electron chi connectivity index (χ0n) is 14.2. The second kappa shape index (κ2) is 8.16. The largest absolute Gasteiger partial charge is 0.361 e. The minimum Gasteiger partial charge on any atom is -0.361 e. The summed E-state index contributed by atoms with van der Waals surface area (Å²) in [5.41, 5.74) is 2.22. The standard InChI is InChI=1S/C19H21N3O3S/c23-19(11-13-22-26(24,25)16-6-2-1-3-7-16)20-12-10-15-14-21-18-9-5-4-8-17(15)18/h1-9,14,21-22H,10-13H2,(H,20,23). The van der Waals surface area contributed by atoms with E-state index >= 15 is 0 Å². The smallest absolute Gasteiger partial charge is 0.240 e. The minimum atomic E-state index is -3.57. The van der Waals surface area contributed by atoms with Crippen LogP contribution in [0.4, 0.5) is 0 Å². The quantitative estimate of drug-likeness (QED) is 0.567. The first-order valence-electron chi connectivity index (χ1n) is 8.43. The molecule has 0 unspecified atom stereocenters. The Hall–Kier alpha value is -2.64. The number of amides is 1. The normalized spacial score (nSPS) is 11.5. The highest BCUT2D eigenvalue weighted by molar-refractivity contribution is 7.89. The van der Waals surface area contributed by atoms with Gasteiger partial charge in [0.15, 0.2) is 0 Å². The van der Waals surface area contributed by atoms with Crippen LogP contribution in [0.5, 0.6) is 0 Å². The molecule has 0 fully saturated rings. The zero-order chi connectivity index (χ0) is 18.4. The van der Waals surface area contributed by atoms with Gasteiger partial charge in [-0.3, -0.25) is 4.79 Å². The second-order valence-corrected chi connectivity index (χ2v) is 7.69. The Balaban J connectivity index is 1.42. The van der Waals surface area contributed by atoms with Crippen LogP contribution in [0.15, 0.2) is 65.7 Å². The number of aromatic nitrogens is 1. The summed E-state index contributed by atoms with van der Waals surface area (Å²) in [5, 5.41) is 3.97. The van der Waals surface area contributed by atoms with Crippen molar-refractivity contribution in [3.05, 3.63) is 66.4 Å². The van der Waals surface area contributed by atoms with Gasteiger partial charge in [-0.15, -0.1) is 0 Å². The Morgan fingerprint density at radius 3 is 2.50 bits per heavy atom. The summed E-state index contributed by atoms with van der Waals surface area (Å²) < 4.78 is 26.6. The van der Waals surface area contributed by atoms with Crippen LogP contribution in [0.25, 0.3) is 10.9 Å². The van der Waals surface area contributed by atoms with Gasteiger partial charge in [-0.1, -0.05) is 36.4 Å². The molecule has 3 rings (SSSR count). The van der Waals surface area contributed by atoms with Crippen molar-refractivity contribution in [3.8, 4) is 0 Å². The van der Waals surface area contributed by atoms with Crippen LogP contribution in [-0.4, -0.2) is 32.4 Å². The van der Waals surface area contributed by atoms with E-state index in [0.717, 1.165) is 16.5 Å². The third kappa shape index (κ3) is 4.50. The molecular formula is C19H21N3O3S. The summed E-state index contributed by atoms with van der Waals surface area (Å²) in [6.07, 6.45) is 2.76. The second-order valence-electron chi connectivity index (χ2n) is 5.92. The van der Waals surface area contributed by atoms with Crippen LogP contribution in [0.1, 0.15) is 12.0 Å². The van der Waals surface area contributed by atoms with Crippen LogP contribution in [0.2, 0.25) is 0 Å². The van der Waals surface area contributed by atoms with E-state index in [4.69, 9.17) is 0 Å². The molecule has 2 aromatic carbocycles. The third-order valence-electron chi connectivity index (χ3n) is 4.09. The number of rotatable bonds is 8. The fourth-order valence-corrected chi connectivity index (χ4v) is 3.80. The van der Waals surface area contributed by atoms with Crippen LogP contribution < -0.4 is 10.0 Å². The van der Waals surface area contributed by atoms with Crippen molar-refractivity contribution >= 4 is 26.8 Å². The predicted molar refractivity (Wildman–Crippen MR) is 101 cm³/mol. The van der Waals surface area contributed by atoms with Gasteiger partial charge < -0.3 is 10.3 Å². The first-order chi connectivity index (χ1) is 12.6. The lowest BCUT2D eigenvalue weighted by Crippen LogP contribution is -2.31. The van der Waals surface area contributed by atoms with Crippen LogP contribution in [-0.2, 0) is 21.2 Å². The number of sulfonamides is 1. The van der Waals surface area contributed by atoms with E-state index in [1.807, 2.05) is 30.5 Å². The minimum absolute atomic E-state index is 0.0656. The van der Waals surface area contributed by atoms with Gasteiger partial charge in [0.1, 0.15) is 0 Å². The summed E-state index contributed by atoms with van der Waals surface area (Å²) in [5.74, 6) is -0.180. The van der Waals surface area contributed by atoms with E-state index < -0.39 is 10.0 Å². The van der Waals surface area contributed by atoms with Crippen molar-refractivity contribution in [2.45, 2.75) is 17.7 Å². The number of carbonyl (C=O) groups excluding carboxylic acids is 1. The number of H-pyrrole nitrogens is 1. The van der Waals surface area contributed by atoms with Crippen molar-refractivity contribution in [3.63, 3.8) is 0 Å². The Labute approximate surface area is 152 Å². The predicted octanol–water partition coefficient (Wildman–Crippen LogP) is 2.20. The molecule has 26 heavy (non-hydrogen) atoms. The van der Waals surface area contributed by atoms with Gasteiger partial charge in [0.2, 0.25) is 15.9 Å². The molecule has 0 atom stereocenters. The maximum Gasteiger partial charge on any atom is 0.240 e. The van der Waals surface area contributed by atoms with Gasteiger partial charge in [-0.25, -0.2) is 13.1 Å². The number of carbonyl (C=O) groups is 1. The molecule has 136 valence electrons. The van der Waals surface area contributed by atoms with Gasteiger partial charge in [0.05, 0.1) is 4.90 Å². The SMILES string of the molecule is O=C(CCNS(=O)(=O)c1ccccc1)NCCc1c[nH]c2ccccc12. The van der Waals surface area contributed by atoms with Crippen molar-refractivity contribution in [1.82, 2.24) is 15.0 Å². The molecule has 0 spiro atoms. The van der Waals surface area contributed by atoms with Gasteiger partial charge in [0, 0.05) is 36.6 Å². The number of nitrogens with one attached hydrogen (secondary N) is 3. The lowest BCUT2D eigenvalue weighted by molar-refractivity contribution is -0.120. The molecule has 0 saturated heterocycles. The van der Waals surface area contributed by atoms with Gasteiger partial charge >= 0.3 is 0 Å². The molecular weight excluding hydrogens is 350 g/mol. The number of aromatic amines is 1. The number of fused-ring (bicyclic) bond motifs is 1. The molecule has 7 heteroatoms. The maximum atomic E-state index is 12.1. The number of hydrogen-bond acceptors (Lipinski definition) is 3. The van der Waals surface area contributed by atoms with Gasteiger partial charge in [-0.2, -0.15) is 0 Å². The fraction of sp³-hybridized carbons (Fsp3) is 0.211. The first kappa shape index (κ1) is 18.2. The van der Waals surface area contributed by atoms with Gasteiger partial charge in [0.25, 0.3) is 0 Å². The molecule has 0 bridgehead atoms. The Morgan fingerprint density at radius 1 is 0.962 bits per heavy atom. The summed E-state index contributed by atoms with van der Waals surface area (Å²) in [4.78, 5) is 15.3. The van der Waals surface area contributed by atoms with E-state index in [0.29, 0.717) is 13.0 Å². The molecule has 6 nitrogen and oxygen atoms in total. The fourth-order valence-electron chi connectivity index (χ4n) is 2.75. The first-order valence-corrected chi connectivity index (χ1v) is 9.91. The molecule has 0 radical (unpaired) electrons. The van der Waals surface area contributed by atoms with Crippen molar-refractivity contribution in [1.29, 1.82) is 0 Å². The average Bonchev–Trinajstić information content (AvgIpc) is 3.06. The maximum absolute atomic E-state index is 12.1. The summed E-state index contributed by atoms with van der Waals surface area (Å²) in [7, 11) is -3.57. The molecule has 0 aliphatic carbocycles. The van der Waals surface area contributed by atoms with Crippen molar-refractivity contribution < 1.29 is 13.2 Å². The molecule has 1 amide bonds. The average molecular weight is 371 g/mol. The summed E-state index contributed by atoms with van der Waals surface area (Å²) >= 11 is 0. The van der Waals surface area contributed by atoms with E-state index in [-0.39, 0.29) is 23.8 Å². The van der Waals surface area contributed by atoms with Crippen molar-refractivity contribution in [2.24, 2.45) is 0 Å². The van der Waals surface area contributed by atoms with Crippen LogP contribution in [0, 0.1) is 0 Å². The van der Waals surface area contributed by atoms with Crippen molar-refractivity contribution in [2.75, 3.05) is 13.1 Å². The molecule has 3 N–H and O–H groups in total. The Bertz CT molecular complexity index is 981. The highest BCUT2D eigenvalue weighted by atomic mass is 32.2. The van der Waals surface area contributed by atoms with Crippen LogP contribution in [0.3, 0.4) is 0 Å². The lowest BCUT2D eigenvalue weighted by atomic mass is 10.1. The third-order valence-corrected chi connectivity index (χ3v) is 5.57. The monoisotopic (exact) mass is 371 g/mol. The highest BCUT2D eigenvalue weighted by Gasteiger charge is 2.13. The van der Waals surface area contributed by atoms with E-state index in [9.17, 15) is 13.2 Å². The zero-order valence-corrected chi connectivity index (χ0v) is 15.1. The highest BCUT2D eigenvalue weighted by Crippen LogP contribution is 2.17. The van der Waals surface area contributed by atoms with Crippen LogP contribution >= 0.6 is 0 Å². The number of benzene rings is 2. The van der Waals surface area contributed by atoms with Gasteiger partial charge in [-0.05, 0) is 30.2 Å². The summed E-state index contributed by atoms with van der Waals surface area (Å²) in [6, 6.07) is 16.1. The molecule has 1 aromatic heterocycles. The Morgan fingerprint density at radius 2 is 1.69 bits per heavy atom. The Kier molecular flexibility index (Phi) is 5.70. The topological polar surface area (TPSA) is 91.1 Å². The molecule has 0 aliphatic heterocycles. The summed E-state index contributed by atoms with van der Waals surface area (Å²) in [6.45, 7) is 0.572. The van der Waals surface area contributed by atoms with E-state index in [2.05, 4.69) is 15.0 Å². The number of para-hydroxylation sites is 1. The molecule has 0 aliphatic rings. The lowest BCUT2D eigenvalue weighted by Gasteiger charge is -2.07. The van der Waals surface area contributed by atoms with E-state index in [1.165, 1.54) is 12.1 Å². The molecule has 0 saturated carbocycles. The number of hydrogen-bond donors (Lipinski definition) is 3. The molecule has 3 aromatic rings.